The molecular weight excluding hydrogens is 236 g/mol. The molecular formula is C16H26N2O. The Labute approximate surface area is 116 Å². The van der Waals surface area contributed by atoms with E-state index in [2.05, 4.69) is 48.3 Å². The van der Waals surface area contributed by atoms with E-state index >= 15 is 0 Å². The first-order valence-electron chi connectivity index (χ1n) is 7.26. The highest BCUT2D eigenvalue weighted by molar-refractivity contribution is 5.25. The Balaban J connectivity index is 1.91. The van der Waals surface area contributed by atoms with Crippen molar-refractivity contribution in [3.8, 4) is 0 Å². The zero-order valence-electron chi connectivity index (χ0n) is 12.4. The van der Waals surface area contributed by atoms with Crippen molar-refractivity contribution < 1.29 is 4.74 Å². The van der Waals surface area contributed by atoms with Crippen LogP contribution in [-0.4, -0.2) is 44.3 Å². The molecule has 0 saturated carbocycles. The molecule has 2 atom stereocenters. The molecule has 1 aromatic rings. The minimum Gasteiger partial charge on any atom is -0.376 e. The first kappa shape index (κ1) is 14.5. The fraction of sp³-hybridized carbons (Fsp3) is 0.625. The molecule has 1 saturated heterocycles. The van der Waals surface area contributed by atoms with Crippen LogP contribution in [-0.2, 0) is 11.3 Å². The molecule has 0 aliphatic carbocycles. The summed E-state index contributed by atoms with van der Waals surface area (Å²) in [5.41, 5.74) is 2.81. The SMILES string of the molecule is CNCC(C)c1ccc(CN2CCOC(C)C2)cc1. The first-order valence-corrected chi connectivity index (χ1v) is 7.26. The van der Waals surface area contributed by atoms with E-state index in [1.807, 2.05) is 7.05 Å². The van der Waals surface area contributed by atoms with Crippen LogP contribution in [0.5, 0.6) is 0 Å². The minimum absolute atomic E-state index is 0.365. The van der Waals surface area contributed by atoms with Gasteiger partial charge >= 0.3 is 0 Å². The summed E-state index contributed by atoms with van der Waals surface area (Å²) in [6.07, 6.45) is 0.365. The van der Waals surface area contributed by atoms with Gasteiger partial charge in [0.15, 0.2) is 0 Å². The van der Waals surface area contributed by atoms with Crippen molar-refractivity contribution in [3.05, 3.63) is 35.4 Å². The van der Waals surface area contributed by atoms with Crippen molar-refractivity contribution in [2.24, 2.45) is 0 Å². The van der Waals surface area contributed by atoms with Crippen molar-refractivity contribution >= 4 is 0 Å². The molecule has 1 N–H and O–H groups in total. The molecule has 0 radical (unpaired) electrons. The maximum absolute atomic E-state index is 5.57. The predicted octanol–water partition coefficient (Wildman–Crippen LogP) is 2.23. The first-order chi connectivity index (χ1) is 9.19. The van der Waals surface area contributed by atoms with E-state index < -0.39 is 0 Å². The van der Waals surface area contributed by atoms with E-state index in [0.29, 0.717) is 12.0 Å². The van der Waals surface area contributed by atoms with Gasteiger partial charge in [-0.15, -0.1) is 0 Å². The number of morpholine rings is 1. The van der Waals surface area contributed by atoms with Crippen molar-refractivity contribution in [1.82, 2.24) is 10.2 Å². The summed E-state index contributed by atoms with van der Waals surface area (Å²) in [5, 5.41) is 3.23. The van der Waals surface area contributed by atoms with Gasteiger partial charge in [-0.3, -0.25) is 4.90 Å². The molecule has 0 spiro atoms. The zero-order chi connectivity index (χ0) is 13.7. The maximum atomic E-state index is 5.57. The second kappa shape index (κ2) is 7.04. The van der Waals surface area contributed by atoms with E-state index in [1.165, 1.54) is 11.1 Å². The number of nitrogens with zero attached hydrogens (tertiary/aromatic N) is 1. The highest BCUT2D eigenvalue weighted by atomic mass is 16.5. The summed E-state index contributed by atoms with van der Waals surface area (Å²) in [6, 6.07) is 9.06. The van der Waals surface area contributed by atoms with E-state index in [1.54, 1.807) is 0 Å². The summed E-state index contributed by atoms with van der Waals surface area (Å²) < 4.78 is 5.57. The van der Waals surface area contributed by atoms with Crippen molar-refractivity contribution in [2.75, 3.05) is 33.3 Å². The third kappa shape index (κ3) is 4.30. The second-order valence-electron chi connectivity index (χ2n) is 5.62. The van der Waals surface area contributed by atoms with Crippen LogP contribution in [0, 0.1) is 0 Å². The number of rotatable bonds is 5. The number of hydrogen-bond donors (Lipinski definition) is 1. The molecule has 0 amide bonds. The topological polar surface area (TPSA) is 24.5 Å². The van der Waals surface area contributed by atoms with E-state index in [0.717, 1.165) is 32.8 Å². The van der Waals surface area contributed by atoms with Gasteiger partial charge in [-0.1, -0.05) is 31.2 Å². The average Bonchev–Trinajstić information content (AvgIpc) is 2.40. The molecule has 0 aromatic heterocycles. The summed E-state index contributed by atoms with van der Waals surface area (Å²) in [4.78, 5) is 2.47. The number of ether oxygens (including phenoxy) is 1. The summed E-state index contributed by atoms with van der Waals surface area (Å²) in [5.74, 6) is 0.572. The molecule has 3 heteroatoms. The largest absolute Gasteiger partial charge is 0.376 e. The number of likely N-dealkylation sites (N-methyl/N-ethyl adjacent to an activating group) is 1. The van der Waals surface area contributed by atoms with Gasteiger partial charge in [0.05, 0.1) is 12.7 Å². The Kier molecular flexibility index (Phi) is 5.37. The monoisotopic (exact) mass is 262 g/mol. The minimum atomic E-state index is 0.365. The molecule has 1 heterocycles. The number of benzene rings is 1. The Hall–Kier alpha value is -0.900. The van der Waals surface area contributed by atoms with Gasteiger partial charge in [-0.2, -0.15) is 0 Å². The molecule has 1 aliphatic heterocycles. The lowest BCUT2D eigenvalue weighted by Crippen LogP contribution is -2.40. The predicted molar refractivity (Wildman–Crippen MR) is 79.5 cm³/mol. The molecule has 19 heavy (non-hydrogen) atoms. The van der Waals surface area contributed by atoms with Gasteiger partial charge in [-0.05, 0) is 31.0 Å². The molecule has 3 nitrogen and oxygen atoms in total. The lowest BCUT2D eigenvalue weighted by Gasteiger charge is -2.31. The van der Waals surface area contributed by atoms with Crippen LogP contribution in [0.25, 0.3) is 0 Å². The van der Waals surface area contributed by atoms with Gasteiger partial charge in [0, 0.05) is 26.2 Å². The Morgan fingerprint density at radius 1 is 1.37 bits per heavy atom. The third-order valence-corrected chi connectivity index (χ3v) is 3.79. The Morgan fingerprint density at radius 3 is 2.74 bits per heavy atom. The number of hydrogen-bond acceptors (Lipinski definition) is 3. The van der Waals surface area contributed by atoms with Crippen LogP contribution >= 0.6 is 0 Å². The van der Waals surface area contributed by atoms with Crippen LogP contribution in [0.3, 0.4) is 0 Å². The van der Waals surface area contributed by atoms with Gasteiger partial charge < -0.3 is 10.1 Å². The molecule has 2 rings (SSSR count). The zero-order valence-corrected chi connectivity index (χ0v) is 12.4. The third-order valence-electron chi connectivity index (χ3n) is 3.79. The van der Waals surface area contributed by atoms with E-state index in [-0.39, 0.29) is 0 Å². The maximum Gasteiger partial charge on any atom is 0.0674 e. The van der Waals surface area contributed by atoms with Crippen LogP contribution in [0.2, 0.25) is 0 Å². The molecule has 106 valence electrons. The van der Waals surface area contributed by atoms with Gasteiger partial charge in [0.1, 0.15) is 0 Å². The summed E-state index contributed by atoms with van der Waals surface area (Å²) in [6.45, 7) is 9.41. The lowest BCUT2D eigenvalue weighted by molar-refractivity contribution is -0.0212. The Morgan fingerprint density at radius 2 is 2.11 bits per heavy atom. The van der Waals surface area contributed by atoms with E-state index in [4.69, 9.17) is 4.74 Å². The average molecular weight is 262 g/mol. The molecule has 0 bridgehead atoms. The van der Waals surface area contributed by atoms with Crippen LogP contribution in [0.15, 0.2) is 24.3 Å². The van der Waals surface area contributed by atoms with Gasteiger partial charge in [0.2, 0.25) is 0 Å². The fourth-order valence-electron chi connectivity index (χ4n) is 2.67. The lowest BCUT2D eigenvalue weighted by atomic mass is 9.99. The van der Waals surface area contributed by atoms with Crippen LogP contribution < -0.4 is 5.32 Å². The normalized spacial score (nSPS) is 22.4. The molecule has 2 unspecified atom stereocenters. The standard InChI is InChI=1S/C16H26N2O/c1-13(10-17-3)16-6-4-15(5-7-16)12-18-8-9-19-14(2)11-18/h4-7,13-14,17H,8-12H2,1-3H3. The quantitative estimate of drug-likeness (QED) is 0.880. The number of nitrogens with one attached hydrogen (secondary N) is 1. The van der Waals surface area contributed by atoms with E-state index in [9.17, 15) is 0 Å². The van der Waals surface area contributed by atoms with Crippen LogP contribution in [0.4, 0.5) is 0 Å². The summed E-state index contributed by atoms with van der Waals surface area (Å²) in [7, 11) is 2.00. The highest BCUT2D eigenvalue weighted by Gasteiger charge is 2.16. The second-order valence-corrected chi connectivity index (χ2v) is 5.62. The van der Waals surface area contributed by atoms with Gasteiger partial charge in [0.25, 0.3) is 0 Å². The van der Waals surface area contributed by atoms with Crippen molar-refractivity contribution in [3.63, 3.8) is 0 Å². The highest BCUT2D eigenvalue weighted by Crippen LogP contribution is 2.16. The molecule has 1 fully saturated rings. The van der Waals surface area contributed by atoms with Crippen LogP contribution in [0.1, 0.15) is 30.9 Å². The van der Waals surface area contributed by atoms with Crippen molar-refractivity contribution in [1.29, 1.82) is 0 Å². The molecule has 1 aromatic carbocycles. The Bertz CT molecular complexity index is 377. The molecule has 1 aliphatic rings. The fourth-order valence-corrected chi connectivity index (χ4v) is 2.67. The summed E-state index contributed by atoms with van der Waals surface area (Å²) >= 11 is 0. The van der Waals surface area contributed by atoms with Crippen molar-refractivity contribution in [2.45, 2.75) is 32.4 Å². The smallest absolute Gasteiger partial charge is 0.0674 e. The van der Waals surface area contributed by atoms with Gasteiger partial charge in [-0.25, -0.2) is 0 Å².